The zero-order valence-electron chi connectivity index (χ0n) is 18.2. The van der Waals surface area contributed by atoms with Gasteiger partial charge in [-0.05, 0) is 81.2 Å². The van der Waals surface area contributed by atoms with Crippen LogP contribution in [-0.2, 0) is 24.1 Å². The van der Waals surface area contributed by atoms with Gasteiger partial charge >= 0.3 is 5.63 Å². The molecule has 2 aromatic carbocycles. The first-order valence-corrected chi connectivity index (χ1v) is 11.1. The quantitative estimate of drug-likeness (QED) is 0.573. The van der Waals surface area contributed by atoms with E-state index in [-0.39, 0.29) is 24.2 Å². The van der Waals surface area contributed by atoms with Gasteiger partial charge in [0.1, 0.15) is 11.3 Å². The van der Waals surface area contributed by atoms with E-state index in [2.05, 4.69) is 17.4 Å². The monoisotopic (exact) mass is 419 g/mol. The van der Waals surface area contributed by atoms with Crippen molar-refractivity contribution in [2.24, 2.45) is 0 Å². The van der Waals surface area contributed by atoms with E-state index in [1.807, 2.05) is 44.2 Å². The van der Waals surface area contributed by atoms with Crippen molar-refractivity contribution in [3.8, 4) is 5.75 Å². The fourth-order valence-corrected chi connectivity index (χ4v) is 4.34. The molecule has 0 bridgehead atoms. The molecule has 0 saturated carbocycles. The Balaban J connectivity index is 1.45. The van der Waals surface area contributed by atoms with Crippen molar-refractivity contribution in [1.82, 2.24) is 5.32 Å². The summed E-state index contributed by atoms with van der Waals surface area (Å²) in [6, 6.07) is 14.1. The number of fused-ring (bicyclic) bond motifs is 3. The Morgan fingerprint density at radius 3 is 2.65 bits per heavy atom. The van der Waals surface area contributed by atoms with Crippen molar-refractivity contribution < 1.29 is 13.9 Å². The molecular weight excluding hydrogens is 390 g/mol. The van der Waals surface area contributed by atoms with Crippen LogP contribution in [0.15, 0.2) is 51.7 Å². The lowest BCUT2D eigenvalue weighted by Gasteiger charge is -2.19. The van der Waals surface area contributed by atoms with Gasteiger partial charge in [0.25, 0.3) is 5.91 Å². The molecule has 1 aromatic heterocycles. The maximum atomic E-state index is 12.5. The molecule has 1 aliphatic carbocycles. The van der Waals surface area contributed by atoms with E-state index in [1.165, 1.54) is 5.56 Å². The van der Waals surface area contributed by atoms with Crippen molar-refractivity contribution in [3.63, 3.8) is 0 Å². The molecule has 162 valence electrons. The molecule has 4 rings (SSSR count). The highest BCUT2D eigenvalue weighted by atomic mass is 16.5. The second-order valence-electron chi connectivity index (χ2n) is 8.47. The Morgan fingerprint density at radius 1 is 1.13 bits per heavy atom. The molecule has 0 saturated heterocycles. The van der Waals surface area contributed by atoms with E-state index in [0.29, 0.717) is 11.3 Å². The fraction of sp³-hybridized carbons (Fsp3) is 0.385. The van der Waals surface area contributed by atoms with E-state index in [4.69, 9.17) is 9.15 Å². The van der Waals surface area contributed by atoms with Crippen molar-refractivity contribution in [3.05, 3.63) is 75.1 Å². The summed E-state index contributed by atoms with van der Waals surface area (Å²) in [7, 11) is 0. The van der Waals surface area contributed by atoms with E-state index >= 15 is 0 Å². The summed E-state index contributed by atoms with van der Waals surface area (Å²) in [5.74, 6) is 0.463. The average Bonchev–Trinajstić information content (AvgIpc) is 2.76. The lowest BCUT2D eigenvalue weighted by atomic mass is 9.90. The van der Waals surface area contributed by atoms with E-state index in [0.717, 1.165) is 60.6 Å². The summed E-state index contributed by atoms with van der Waals surface area (Å²) < 4.78 is 11.5. The maximum absolute atomic E-state index is 12.5. The van der Waals surface area contributed by atoms with Gasteiger partial charge in [-0.25, -0.2) is 4.79 Å². The van der Waals surface area contributed by atoms with Gasteiger partial charge in [-0.3, -0.25) is 4.79 Å². The van der Waals surface area contributed by atoms with Gasteiger partial charge in [0.15, 0.2) is 6.61 Å². The van der Waals surface area contributed by atoms with Gasteiger partial charge in [-0.15, -0.1) is 0 Å². The molecule has 1 aliphatic rings. The second-order valence-corrected chi connectivity index (χ2v) is 8.47. The number of aryl methyl sites for hydroxylation is 3. The Labute approximate surface area is 182 Å². The van der Waals surface area contributed by atoms with E-state index in [1.54, 1.807) is 0 Å². The second kappa shape index (κ2) is 9.38. The maximum Gasteiger partial charge on any atom is 0.339 e. The third-order valence-corrected chi connectivity index (χ3v) is 5.90. The third-order valence-electron chi connectivity index (χ3n) is 5.90. The number of hydrogen-bond donors (Lipinski definition) is 1. The molecule has 31 heavy (non-hydrogen) atoms. The summed E-state index contributed by atoms with van der Waals surface area (Å²) in [5.41, 5.74) is 4.26. The minimum Gasteiger partial charge on any atom is -0.483 e. The smallest absolute Gasteiger partial charge is 0.339 e. The summed E-state index contributed by atoms with van der Waals surface area (Å²) in [6.07, 6.45) is 5.38. The molecule has 1 amide bonds. The Hall–Kier alpha value is -3.08. The van der Waals surface area contributed by atoms with Crippen LogP contribution in [0.2, 0.25) is 0 Å². The first kappa shape index (κ1) is 21.2. The SMILES string of the molecule is Cc1cc(OCC(=O)N[C@@H](C)CCc2ccccc2)c2c3c(c(=O)oc2c1)CCCC3. The number of hydrogen-bond acceptors (Lipinski definition) is 4. The van der Waals surface area contributed by atoms with Crippen LogP contribution in [0.25, 0.3) is 11.0 Å². The summed E-state index contributed by atoms with van der Waals surface area (Å²) in [4.78, 5) is 24.9. The highest BCUT2D eigenvalue weighted by Crippen LogP contribution is 2.34. The Bertz CT molecular complexity index is 1130. The fourth-order valence-electron chi connectivity index (χ4n) is 4.34. The molecule has 5 heteroatoms. The molecule has 5 nitrogen and oxygen atoms in total. The normalized spacial score (nSPS) is 14.1. The molecule has 0 radical (unpaired) electrons. The molecule has 0 spiro atoms. The lowest BCUT2D eigenvalue weighted by Crippen LogP contribution is -2.36. The largest absolute Gasteiger partial charge is 0.483 e. The standard InChI is InChI=1S/C26H29NO4/c1-17-14-22(25-20-10-6-7-11-21(20)26(29)31-23(25)15-17)30-16-24(28)27-18(2)12-13-19-8-4-3-5-9-19/h3-5,8-9,14-15,18H,6-7,10-13,16H2,1-2H3,(H,27,28)/t18-/m0/s1. The number of carbonyl (C=O) groups is 1. The van der Waals surface area contributed by atoms with Crippen LogP contribution in [-0.4, -0.2) is 18.6 Å². The molecule has 0 unspecified atom stereocenters. The molecule has 1 N–H and O–H groups in total. The van der Waals surface area contributed by atoms with Gasteiger partial charge in [0.2, 0.25) is 0 Å². The topological polar surface area (TPSA) is 68.5 Å². The van der Waals surface area contributed by atoms with Gasteiger partial charge in [0.05, 0.1) is 5.39 Å². The third kappa shape index (κ3) is 4.98. The molecule has 0 fully saturated rings. The van der Waals surface area contributed by atoms with Crippen LogP contribution in [0, 0.1) is 6.92 Å². The zero-order chi connectivity index (χ0) is 21.8. The highest BCUT2D eigenvalue weighted by Gasteiger charge is 2.21. The summed E-state index contributed by atoms with van der Waals surface area (Å²) in [6.45, 7) is 3.87. The number of amides is 1. The van der Waals surface area contributed by atoms with Gasteiger partial charge < -0.3 is 14.5 Å². The lowest BCUT2D eigenvalue weighted by molar-refractivity contribution is -0.123. The molecule has 0 aliphatic heterocycles. The van der Waals surface area contributed by atoms with Crippen LogP contribution in [0.5, 0.6) is 5.75 Å². The number of benzene rings is 2. The Kier molecular flexibility index (Phi) is 6.40. The van der Waals surface area contributed by atoms with Gasteiger partial charge in [-0.1, -0.05) is 30.3 Å². The first-order chi connectivity index (χ1) is 15.0. The number of carbonyl (C=O) groups excluding carboxylic acids is 1. The van der Waals surface area contributed by atoms with Gasteiger partial charge in [-0.2, -0.15) is 0 Å². The number of nitrogens with one attached hydrogen (secondary N) is 1. The van der Waals surface area contributed by atoms with Crippen molar-refractivity contribution >= 4 is 16.9 Å². The van der Waals surface area contributed by atoms with Crippen molar-refractivity contribution in [1.29, 1.82) is 0 Å². The minimum atomic E-state index is -0.247. The molecule has 1 heterocycles. The minimum absolute atomic E-state index is 0.0522. The van der Waals surface area contributed by atoms with Crippen LogP contribution >= 0.6 is 0 Å². The Morgan fingerprint density at radius 2 is 1.87 bits per heavy atom. The molecule has 3 aromatic rings. The van der Waals surface area contributed by atoms with Crippen molar-refractivity contribution in [2.45, 2.75) is 58.4 Å². The van der Waals surface area contributed by atoms with Crippen LogP contribution < -0.4 is 15.7 Å². The van der Waals surface area contributed by atoms with Crippen molar-refractivity contribution in [2.75, 3.05) is 6.61 Å². The summed E-state index contributed by atoms with van der Waals surface area (Å²) >= 11 is 0. The number of rotatable bonds is 7. The first-order valence-electron chi connectivity index (χ1n) is 11.1. The van der Waals surface area contributed by atoms with E-state index in [9.17, 15) is 9.59 Å². The van der Waals surface area contributed by atoms with Crippen LogP contribution in [0.4, 0.5) is 0 Å². The molecular formula is C26H29NO4. The van der Waals surface area contributed by atoms with E-state index < -0.39 is 0 Å². The average molecular weight is 420 g/mol. The van der Waals surface area contributed by atoms with Gasteiger partial charge in [0, 0.05) is 11.6 Å². The predicted octanol–water partition coefficient (Wildman–Crippen LogP) is 4.50. The van der Waals surface area contributed by atoms with Crippen LogP contribution in [0.3, 0.4) is 0 Å². The summed E-state index contributed by atoms with van der Waals surface area (Å²) in [5, 5.41) is 3.85. The zero-order valence-corrected chi connectivity index (χ0v) is 18.2. The highest BCUT2D eigenvalue weighted by molar-refractivity contribution is 5.89. The van der Waals surface area contributed by atoms with Crippen LogP contribution in [0.1, 0.15) is 48.4 Å². The number of ether oxygens (including phenoxy) is 1. The predicted molar refractivity (Wildman–Crippen MR) is 122 cm³/mol. The molecule has 1 atom stereocenters.